The van der Waals surface area contributed by atoms with Crippen molar-refractivity contribution in [3.63, 3.8) is 0 Å². The second-order valence-corrected chi connectivity index (χ2v) is 12.2. The van der Waals surface area contributed by atoms with Crippen molar-refractivity contribution in [3.8, 4) is 23.3 Å². The van der Waals surface area contributed by atoms with Crippen LogP contribution in [0.2, 0.25) is 5.02 Å². The molecule has 2 aromatic carbocycles. The van der Waals surface area contributed by atoms with Crippen molar-refractivity contribution in [1.82, 2.24) is 9.97 Å². The smallest absolute Gasteiger partial charge is 0.187 e. The molecule has 0 spiro atoms. The number of thioether (sulfide) groups is 1. The number of aromatic nitrogens is 2. The molecule has 0 amide bonds. The highest BCUT2D eigenvalue weighted by molar-refractivity contribution is 7.98. The summed E-state index contributed by atoms with van der Waals surface area (Å²) in [6.07, 6.45) is 1.72. The number of aryl methyl sites for hydroxylation is 1. The minimum Gasteiger partial charge on any atom is -0.383 e. The molecule has 1 aliphatic rings. The number of hydrogen-bond acceptors (Lipinski definition) is 10. The first-order valence-corrected chi connectivity index (χ1v) is 15.1. The molecule has 1 atom stereocenters. The molecule has 0 saturated carbocycles. The van der Waals surface area contributed by atoms with Crippen LogP contribution in [0.25, 0.3) is 11.1 Å². The summed E-state index contributed by atoms with van der Waals surface area (Å²) in [6, 6.07) is 19.7. The molecule has 2 aromatic heterocycles. The van der Waals surface area contributed by atoms with Gasteiger partial charge in [-0.15, -0.1) is 11.3 Å². The number of nitrogens with one attached hydrogen (secondary N) is 1. The number of anilines is 3. The highest BCUT2D eigenvalue weighted by Crippen LogP contribution is 2.37. The zero-order valence-electron chi connectivity index (χ0n) is 22.5. The average molecular weight is 603 g/mol. The number of hydrogen-bond donors (Lipinski definition) is 2. The summed E-state index contributed by atoms with van der Waals surface area (Å²) in [5.41, 5.74) is 10.8. The monoisotopic (exact) mass is 602 g/mol. The van der Waals surface area contributed by atoms with Crippen molar-refractivity contribution in [2.45, 2.75) is 49.4 Å². The van der Waals surface area contributed by atoms with Gasteiger partial charge in [0.25, 0.3) is 0 Å². The summed E-state index contributed by atoms with van der Waals surface area (Å²) >= 11 is 8.91. The maximum Gasteiger partial charge on any atom is 0.187 e. The second kappa shape index (κ2) is 12.5. The highest BCUT2D eigenvalue weighted by Gasteiger charge is 2.32. The van der Waals surface area contributed by atoms with Crippen LogP contribution in [-0.4, -0.2) is 28.5 Å². The van der Waals surface area contributed by atoms with E-state index < -0.39 is 5.79 Å². The van der Waals surface area contributed by atoms with E-state index >= 15 is 0 Å². The van der Waals surface area contributed by atoms with Crippen molar-refractivity contribution < 1.29 is 9.47 Å². The molecule has 41 heavy (non-hydrogen) atoms. The van der Waals surface area contributed by atoms with Gasteiger partial charge in [-0.25, -0.2) is 9.97 Å². The fourth-order valence-electron chi connectivity index (χ4n) is 4.52. The first-order valence-electron chi connectivity index (χ1n) is 12.9. The lowest BCUT2D eigenvalue weighted by atomic mass is 9.95. The Balaban J connectivity index is 1.32. The number of nitriles is 2. The molecule has 0 aliphatic carbocycles. The maximum absolute atomic E-state index is 10.1. The topological polar surface area (TPSA) is 130 Å². The standard InChI is InChI=1S/C30H27ClN6O2S2/c1-30(2)38-15-23(39-30)11-8-18-6-9-19(10-7-18)26-24(13-32)27(34)37-28(25(26)14-33)40-16-22-17-41-29(36-22)35-21-5-3-4-20(31)12-21/h3-7,9-10,12,17,23H,8,11,15-16H2,1-2H3,(H2,34,37)(H,35,36)/t23-/m1/s1. The number of thiazole rings is 1. The Labute approximate surface area is 252 Å². The molecular weight excluding hydrogens is 576 g/mol. The van der Waals surface area contributed by atoms with Crippen molar-refractivity contribution in [1.29, 1.82) is 10.5 Å². The first kappa shape index (κ1) is 28.9. The second-order valence-electron chi connectivity index (χ2n) is 9.91. The van der Waals surface area contributed by atoms with Gasteiger partial charge in [0.2, 0.25) is 0 Å². The van der Waals surface area contributed by atoms with Crippen LogP contribution in [0.1, 0.15) is 42.7 Å². The van der Waals surface area contributed by atoms with Gasteiger partial charge in [-0.2, -0.15) is 10.5 Å². The van der Waals surface area contributed by atoms with Gasteiger partial charge in [0.15, 0.2) is 10.9 Å². The molecular formula is C30H27ClN6O2S2. The van der Waals surface area contributed by atoms with E-state index in [-0.39, 0.29) is 17.5 Å². The lowest BCUT2D eigenvalue weighted by Gasteiger charge is -2.17. The number of benzene rings is 2. The lowest BCUT2D eigenvalue weighted by Crippen LogP contribution is -2.21. The molecule has 1 fully saturated rings. The molecule has 3 heterocycles. The van der Waals surface area contributed by atoms with E-state index in [4.69, 9.17) is 26.8 Å². The molecule has 1 saturated heterocycles. The van der Waals surface area contributed by atoms with E-state index in [2.05, 4.69) is 27.4 Å². The van der Waals surface area contributed by atoms with E-state index in [1.165, 1.54) is 23.1 Å². The predicted molar refractivity (Wildman–Crippen MR) is 163 cm³/mol. The molecule has 0 radical (unpaired) electrons. The van der Waals surface area contributed by atoms with Gasteiger partial charge < -0.3 is 20.5 Å². The van der Waals surface area contributed by atoms with E-state index in [0.29, 0.717) is 33.5 Å². The lowest BCUT2D eigenvalue weighted by molar-refractivity contribution is -0.138. The van der Waals surface area contributed by atoms with E-state index in [9.17, 15) is 10.5 Å². The number of halogens is 1. The van der Waals surface area contributed by atoms with E-state index in [0.717, 1.165) is 40.5 Å². The van der Waals surface area contributed by atoms with Gasteiger partial charge >= 0.3 is 0 Å². The number of ether oxygens (including phenoxy) is 2. The number of nitrogens with two attached hydrogens (primary N) is 1. The summed E-state index contributed by atoms with van der Waals surface area (Å²) in [4.78, 5) is 9.06. The first-order chi connectivity index (χ1) is 19.7. The van der Waals surface area contributed by atoms with Crippen molar-refractivity contribution in [2.75, 3.05) is 17.7 Å². The van der Waals surface area contributed by atoms with E-state index in [1.54, 1.807) is 0 Å². The largest absolute Gasteiger partial charge is 0.383 e. The van der Waals surface area contributed by atoms with Crippen LogP contribution in [0.15, 0.2) is 58.9 Å². The van der Waals surface area contributed by atoms with Crippen molar-refractivity contribution in [3.05, 3.63) is 81.3 Å². The van der Waals surface area contributed by atoms with E-state index in [1.807, 2.05) is 67.8 Å². The molecule has 5 rings (SSSR count). The molecule has 3 N–H and O–H groups in total. The van der Waals surface area contributed by atoms with Crippen LogP contribution in [0, 0.1) is 22.7 Å². The number of nitrogen functional groups attached to an aromatic ring is 1. The minimum atomic E-state index is -0.539. The van der Waals surface area contributed by atoms with Crippen LogP contribution in [0.3, 0.4) is 0 Å². The van der Waals surface area contributed by atoms with Crippen molar-refractivity contribution >= 4 is 51.3 Å². The summed E-state index contributed by atoms with van der Waals surface area (Å²) in [7, 11) is 0. The zero-order chi connectivity index (χ0) is 29.0. The Morgan fingerprint density at radius 2 is 1.93 bits per heavy atom. The Kier molecular flexibility index (Phi) is 8.79. The van der Waals surface area contributed by atoms with Gasteiger partial charge in [-0.05, 0) is 56.0 Å². The number of rotatable bonds is 9. The fraction of sp³-hybridized carbons (Fsp3) is 0.267. The molecule has 208 valence electrons. The predicted octanol–water partition coefficient (Wildman–Crippen LogP) is 7.30. The quantitative estimate of drug-likeness (QED) is 0.189. The molecule has 0 bridgehead atoms. The normalized spacial score (nSPS) is 15.8. The fourth-order valence-corrected chi connectivity index (χ4v) is 6.44. The Morgan fingerprint density at radius 3 is 2.61 bits per heavy atom. The van der Waals surface area contributed by atoms with Gasteiger partial charge in [0.1, 0.15) is 28.5 Å². The molecule has 11 heteroatoms. The average Bonchev–Trinajstić information content (AvgIpc) is 3.55. The maximum atomic E-state index is 10.1. The molecule has 8 nitrogen and oxygen atoms in total. The summed E-state index contributed by atoms with van der Waals surface area (Å²) in [5, 5.41) is 27.1. The number of pyridine rings is 1. The third kappa shape index (κ3) is 6.99. The van der Waals surface area contributed by atoms with Crippen LogP contribution in [0.5, 0.6) is 0 Å². The highest BCUT2D eigenvalue weighted by atomic mass is 35.5. The molecule has 1 aliphatic heterocycles. The minimum absolute atomic E-state index is 0.0565. The zero-order valence-corrected chi connectivity index (χ0v) is 24.9. The molecule has 0 unspecified atom stereocenters. The van der Waals surface area contributed by atoms with Gasteiger partial charge in [-0.3, -0.25) is 0 Å². The summed E-state index contributed by atoms with van der Waals surface area (Å²) < 4.78 is 11.6. The van der Waals surface area contributed by atoms with Crippen molar-refractivity contribution in [2.24, 2.45) is 0 Å². The van der Waals surface area contributed by atoms with Gasteiger partial charge in [0.05, 0.1) is 24.0 Å². The van der Waals surface area contributed by atoms with Crippen LogP contribution >= 0.6 is 34.7 Å². The third-order valence-electron chi connectivity index (χ3n) is 6.46. The van der Waals surface area contributed by atoms with Gasteiger partial charge in [0, 0.05) is 27.4 Å². The Hall–Kier alpha value is -3.64. The van der Waals surface area contributed by atoms with Crippen LogP contribution in [0.4, 0.5) is 16.6 Å². The molecule has 4 aromatic rings. The third-order valence-corrected chi connectivity index (χ3v) is 8.52. The summed E-state index contributed by atoms with van der Waals surface area (Å²) in [6.45, 7) is 4.42. The Morgan fingerprint density at radius 1 is 1.15 bits per heavy atom. The number of nitrogens with zero attached hydrogens (tertiary/aromatic N) is 4. The SMILES string of the molecule is CC1(C)OC[C@@H](CCc2ccc(-c3c(C#N)c(N)nc(SCc4csc(Nc5cccc(Cl)c5)n4)c3C#N)cc2)O1. The Bertz CT molecular complexity index is 1640. The summed E-state index contributed by atoms with van der Waals surface area (Å²) in [5.74, 6) is 0.0291. The van der Waals surface area contributed by atoms with Crippen LogP contribution in [-0.2, 0) is 21.6 Å². The van der Waals surface area contributed by atoms with Crippen LogP contribution < -0.4 is 11.1 Å². The van der Waals surface area contributed by atoms with Gasteiger partial charge in [-0.1, -0.05) is 53.7 Å².